The lowest BCUT2D eigenvalue weighted by Crippen LogP contribution is -2.55. The van der Waals surface area contributed by atoms with Gasteiger partial charge in [0, 0.05) is 11.8 Å². The molecule has 0 aliphatic heterocycles. The summed E-state index contributed by atoms with van der Waals surface area (Å²) >= 11 is 0. The van der Waals surface area contributed by atoms with Crippen LogP contribution in [0.15, 0.2) is 0 Å². The highest BCUT2D eigenvalue weighted by molar-refractivity contribution is 5.87. The molecule has 0 radical (unpaired) electrons. The van der Waals surface area contributed by atoms with Crippen molar-refractivity contribution in [2.24, 2.45) is 34.5 Å². The van der Waals surface area contributed by atoms with E-state index >= 15 is 0 Å². The summed E-state index contributed by atoms with van der Waals surface area (Å²) in [5.74, 6) is 3.47. The second kappa shape index (κ2) is 4.59. The fourth-order valence-corrected chi connectivity index (χ4v) is 7.20. The molecule has 4 fully saturated rings. The highest BCUT2D eigenvalue weighted by Crippen LogP contribution is 2.66. The topological polar surface area (TPSA) is 37.3 Å². The Bertz CT molecular complexity index is 496. The summed E-state index contributed by atoms with van der Waals surface area (Å²) in [6.45, 7) is 6.82. The van der Waals surface area contributed by atoms with Crippen molar-refractivity contribution in [3.05, 3.63) is 0 Å². The van der Waals surface area contributed by atoms with Gasteiger partial charge >= 0.3 is 0 Å². The van der Waals surface area contributed by atoms with Crippen molar-refractivity contribution >= 4 is 5.78 Å². The van der Waals surface area contributed by atoms with Gasteiger partial charge in [-0.3, -0.25) is 4.79 Å². The summed E-state index contributed by atoms with van der Waals surface area (Å²) in [4.78, 5) is 12.4. The van der Waals surface area contributed by atoms with Crippen molar-refractivity contribution < 1.29 is 9.90 Å². The number of carbonyl (C=O) groups is 1. The molecule has 0 aromatic rings. The third-order valence-corrected chi connectivity index (χ3v) is 8.66. The molecule has 0 spiro atoms. The Morgan fingerprint density at radius 1 is 0.955 bits per heavy atom. The average molecular weight is 304 g/mol. The van der Waals surface area contributed by atoms with Crippen LogP contribution in [0.3, 0.4) is 0 Å². The molecule has 1 N–H and O–H groups in total. The van der Waals surface area contributed by atoms with Crippen LogP contribution >= 0.6 is 0 Å². The Labute approximate surface area is 135 Å². The summed E-state index contributed by atoms with van der Waals surface area (Å²) in [7, 11) is 0. The second-order valence-electron chi connectivity index (χ2n) is 9.78. The van der Waals surface area contributed by atoms with Crippen LogP contribution in [0.5, 0.6) is 0 Å². The summed E-state index contributed by atoms with van der Waals surface area (Å²) in [6, 6.07) is 0. The molecule has 0 heterocycles. The van der Waals surface area contributed by atoms with E-state index in [1.54, 1.807) is 0 Å². The molecular weight excluding hydrogens is 272 g/mol. The molecule has 1 unspecified atom stereocenters. The van der Waals surface area contributed by atoms with E-state index in [1.807, 2.05) is 6.92 Å². The molecule has 0 saturated heterocycles. The van der Waals surface area contributed by atoms with Crippen molar-refractivity contribution in [3.63, 3.8) is 0 Å². The first kappa shape index (κ1) is 15.2. The van der Waals surface area contributed by atoms with E-state index in [0.29, 0.717) is 23.0 Å². The normalized spacial score (nSPS) is 57.9. The van der Waals surface area contributed by atoms with Crippen LogP contribution in [0.4, 0.5) is 0 Å². The van der Waals surface area contributed by atoms with E-state index in [0.717, 1.165) is 43.9 Å². The van der Waals surface area contributed by atoms with Crippen LogP contribution in [0.1, 0.15) is 78.6 Å². The van der Waals surface area contributed by atoms with Gasteiger partial charge in [-0.2, -0.15) is 0 Å². The molecule has 22 heavy (non-hydrogen) atoms. The van der Waals surface area contributed by atoms with Crippen LogP contribution in [0.25, 0.3) is 0 Å². The summed E-state index contributed by atoms with van der Waals surface area (Å²) in [6.07, 6.45) is 10.1. The maximum absolute atomic E-state index is 12.4. The first-order chi connectivity index (χ1) is 10.3. The highest BCUT2D eigenvalue weighted by atomic mass is 16.3. The molecule has 4 aliphatic rings. The molecular formula is C20H32O2. The number of Topliss-reactive ketones (excluding diaryl/α,β-unsaturated/α-hetero) is 1. The lowest BCUT2D eigenvalue weighted by molar-refractivity contribution is -0.151. The van der Waals surface area contributed by atoms with Gasteiger partial charge in [0.15, 0.2) is 0 Å². The van der Waals surface area contributed by atoms with Gasteiger partial charge in [0.1, 0.15) is 5.78 Å². The average Bonchev–Trinajstić information content (AvgIpc) is 2.76. The molecule has 4 aliphatic carbocycles. The number of fused-ring (bicyclic) bond motifs is 5. The molecule has 0 aromatic heterocycles. The fraction of sp³-hybridized carbons (Fsp3) is 0.950. The second-order valence-corrected chi connectivity index (χ2v) is 9.78. The van der Waals surface area contributed by atoms with Crippen molar-refractivity contribution in [1.82, 2.24) is 0 Å². The number of hydrogen-bond donors (Lipinski definition) is 1. The smallest absolute Gasteiger partial charge is 0.139 e. The van der Waals surface area contributed by atoms with E-state index in [4.69, 9.17) is 0 Å². The van der Waals surface area contributed by atoms with E-state index < -0.39 is 5.60 Å². The molecule has 2 heteroatoms. The Balaban J connectivity index is 1.63. The fourth-order valence-electron chi connectivity index (χ4n) is 7.20. The van der Waals surface area contributed by atoms with Gasteiger partial charge in [-0.1, -0.05) is 13.8 Å². The summed E-state index contributed by atoms with van der Waals surface area (Å²) in [5, 5.41) is 10.5. The minimum absolute atomic E-state index is 0.00449. The van der Waals surface area contributed by atoms with Gasteiger partial charge in [-0.15, -0.1) is 0 Å². The van der Waals surface area contributed by atoms with Crippen LogP contribution in [0.2, 0.25) is 0 Å². The molecule has 4 rings (SSSR count). The van der Waals surface area contributed by atoms with E-state index in [-0.39, 0.29) is 5.41 Å². The lowest BCUT2D eigenvalue weighted by Gasteiger charge is -2.61. The maximum Gasteiger partial charge on any atom is 0.139 e. The van der Waals surface area contributed by atoms with Gasteiger partial charge < -0.3 is 5.11 Å². The molecule has 124 valence electrons. The van der Waals surface area contributed by atoms with Crippen LogP contribution in [-0.4, -0.2) is 16.5 Å². The Hall–Kier alpha value is -0.370. The molecule has 2 nitrogen and oxygen atoms in total. The first-order valence-corrected chi connectivity index (χ1v) is 9.52. The van der Waals surface area contributed by atoms with E-state index in [9.17, 15) is 9.90 Å². The third kappa shape index (κ3) is 1.92. The number of rotatable bonds is 0. The predicted octanol–water partition coefficient (Wildman–Crippen LogP) is 4.35. The van der Waals surface area contributed by atoms with Gasteiger partial charge in [0.25, 0.3) is 0 Å². The predicted molar refractivity (Wildman–Crippen MR) is 87.4 cm³/mol. The number of ketones is 1. The van der Waals surface area contributed by atoms with Crippen molar-refractivity contribution in [1.29, 1.82) is 0 Å². The van der Waals surface area contributed by atoms with Gasteiger partial charge in [0.2, 0.25) is 0 Å². The third-order valence-electron chi connectivity index (χ3n) is 8.66. The maximum atomic E-state index is 12.4. The Morgan fingerprint density at radius 2 is 1.73 bits per heavy atom. The molecule has 0 amide bonds. The van der Waals surface area contributed by atoms with Crippen molar-refractivity contribution in [2.45, 2.75) is 84.2 Å². The highest BCUT2D eigenvalue weighted by Gasteiger charge is 2.60. The van der Waals surface area contributed by atoms with Crippen molar-refractivity contribution in [3.8, 4) is 0 Å². The van der Waals surface area contributed by atoms with Crippen LogP contribution in [-0.2, 0) is 4.79 Å². The standard InChI is InChI=1S/C20H32O2/c1-18(22)10-11-19(2)13(12-18)4-5-14-15-6-7-17(21)20(15,3)9-8-16(14)19/h13-16,22H,4-12H2,1-3H3/t13?,14-,15-,16-,18-,19-,20-/m0/s1. The van der Waals surface area contributed by atoms with E-state index in [1.165, 1.54) is 25.7 Å². The summed E-state index contributed by atoms with van der Waals surface area (Å²) in [5.41, 5.74) is -0.0217. The zero-order chi connectivity index (χ0) is 15.8. The number of aliphatic hydroxyl groups is 1. The van der Waals surface area contributed by atoms with Gasteiger partial charge in [0.05, 0.1) is 5.60 Å². The zero-order valence-electron chi connectivity index (χ0n) is 14.5. The van der Waals surface area contributed by atoms with Crippen LogP contribution in [0, 0.1) is 34.5 Å². The quantitative estimate of drug-likeness (QED) is 0.722. The molecule has 7 atom stereocenters. The number of carbonyl (C=O) groups excluding carboxylic acids is 1. The first-order valence-electron chi connectivity index (χ1n) is 9.52. The number of hydrogen-bond acceptors (Lipinski definition) is 2. The minimum Gasteiger partial charge on any atom is -0.390 e. The summed E-state index contributed by atoms with van der Waals surface area (Å²) < 4.78 is 0. The van der Waals surface area contributed by atoms with E-state index in [2.05, 4.69) is 13.8 Å². The Morgan fingerprint density at radius 3 is 2.50 bits per heavy atom. The molecule has 0 aromatic carbocycles. The van der Waals surface area contributed by atoms with Gasteiger partial charge in [-0.05, 0) is 87.4 Å². The molecule has 4 saturated carbocycles. The van der Waals surface area contributed by atoms with Crippen molar-refractivity contribution in [2.75, 3.05) is 0 Å². The van der Waals surface area contributed by atoms with Gasteiger partial charge in [-0.25, -0.2) is 0 Å². The zero-order valence-corrected chi connectivity index (χ0v) is 14.5. The lowest BCUT2D eigenvalue weighted by atomic mass is 9.44. The minimum atomic E-state index is -0.441. The molecule has 0 bridgehead atoms. The largest absolute Gasteiger partial charge is 0.390 e. The van der Waals surface area contributed by atoms with Crippen LogP contribution < -0.4 is 0 Å². The SMILES string of the molecule is C[C@]1(O)CC[C@@]2(C)C(CC[C@@H]3[C@@H]2CC[C@]2(C)C(=O)CC[C@@H]32)C1. The monoisotopic (exact) mass is 304 g/mol. The Kier molecular flexibility index (Phi) is 3.16.